The van der Waals surface area contributed by atoms with Gasteiger partial charge in [-0.1, -0.05) is 29.8 Å². The summed E-state index contributed by atoms with van der Waals surface area (Å²) in [5.41, 5.74) is 1.13. The van der Waals surface area contributed by atoms with Crippen molar-refractivity contribution in [2.24, 2.45) is 0 Å². The molecule has 0 saturated heterocycles. The summed E-state index contributed by atoms with van der Waals surface area (Å²) in [6.45, 7) is 1.99. The van der Waals surface area contributed by atoms with E-state index in [1.165, 1.54) is 0 Å². The van der Waals surface area contributed by atoms with Crippen LogP contribution < -0.4 is 4.18 Å². The van der Waals surface area contributed by atoms with E-state index in [0.717, 1.165) is 16.3 Å². The van der Waals surface area contributed by atoms with Crippen LogP contribution >= 0.6 is 0 Å². The van der Waals surface area contributed by atoms with Gasteiger partial charge in [-0.05, 0) is 29.8 Å². The van der Waals surface area contributed by atoms with Crippen molar-refractivity contribution in [3.63, 3.8) is 0 Å². The number of hydrogen-bond acceptors (Lipinski definition) is 3. The van der Waals surface area contributed by atoms with Gasteiger partial charge in [0.15, 0.2) is 0 Å². The quantitative estimate of drug-likeness (QED) is 0.791. The molecule has 0 unspecified atom stereocenters. The average molecular weight is 222 g/mol. The Kier molecular flexibility index (Phi) is 2.60. The summed E-state index contributed by atoms with van der Waals surface area (Å²) in [6.07, 6.45) is 0. The van der Waals surface area contributed by atoms with Gasteiger partial charge in [0.05, 0.1) is 0 Å². The molecule has 0 fully saturated rings. The Labute approximate surface area is 89.5 Å². The second-order valence-electron chi connectivity index (χ2n) is 3.33. The number of thiol groups is 1. The molecule has 2 aromatic rings. The van der Waals surface area contributed by atoms with Crippen LogP contribution in [0.15, 0.2) is 36.4 Å². The van der Waals surface area contributed by atoms with E-state index in [1.54, 1.807) is 12.1 Å². The fraction of sp³-hybridized carbons (Fsp3) is 0.0909. The van der Waals surface area contributed by atoms with E-state index >= 15 is 0 Å². The molecule has 0 amide bonds. The lowest BCUT2D eigenvalue weighted by Crippen LogP contribution is -1.89. The van der Waals surface area contributed by atoms with Gasteiger partial charge in [-0.2, -0.15) is 8.42 Å². The normalized spacial score (nSPS) is 10.8. The highest BCUT2D eigenvalue weighted by Crippen LogP contribution is 2.21. The summed E-state index contributed by atoms with van der Waals surface area (Å²) in [4.78, 5) is 0. The maximum Gasteiger partial charge on any atom is 0.299 e. The van der Waals surface area contributed by atoms with Gasteiger partial charge >= 0.3 is 0 Å². The fourth-order valence-corrected chi connectivity index (χ4v) is 1.77. The lowest BCUT2D eigenvalue weighted by molar-refractivity contribution is 0.511. The van der Waals surface area contributed by atoms with Crippen LogP contribution in [0, 0.1) is 6.92 Å². The molecule has 0 spiro atoms. The van der Waals surface area contributed by atoms with Crippen LogP contribution in [-0.4, -0.2) is 8.42 Å². The second-order valence-corrected chi connectivity index (χ2v) is 3.96. The Hall–Kier alpha value is -1.55. The van der Waals surface area contributed by atoms with E-state index in [9.17, 15) is 8.42 Å². The van der Waals surface area contributed by atoms with Crippen LogP contribution in [0.1, 0.15) is 5.56 Å². The lowest BCUT2D eigenvalue weighted by Gasteiger charge is -2.02. The molecule has 0 aliphatic heterocycles. The molecule has 78 valence electrons. The number of hydrogen-bond donors (Lipinski definition) is 1. The van der Waals surface area contributed by atoms with Crippen molar-refractivity contribution in [2.45, 2.75) is 6.92 Å². The summed E-state index contributed by atoms with van der Waals surface area (Å²) in [5, 5.41) is 2.04. The van der Waals surface area contributed by atoms with Crippen LogP contribution in [0.4, 0.5) is 0 Å². The Morgan fingerprint density at radius 1 is 1.00 bits per heavy atom. The zero-order valence-electron chi connectivity index (χ0n) is 8.14. The van der Waals surface area contributed by atoms with Crippen LogP contribution in [0.3, 0.4) is 0 Å². The molecule has 2 aromatic carbocycles. The SMILES string of the molecule is Cc1ccc2ccc(O[SH](=O)=O)cc2c1. The van der Waals surface area contributed by atoms with Crippen molar-refractivity contribution < 1.29 is 12.6 Å². The van der Waals surface area contributed by atoms with Crippen LogP contribution in [0.25, 0.3) is 10.8 Å². The maximum atomic E-state index is 10.4. The third kappa shape index (κ3) is 2.27. The summed E-state index contributed by atoms with van der Waals surface area (Å²) in [7, 11) is -2.84. The highest BCUT2D eigenvalue weighted by molar-refractivity contribution is 7.67. The summed E-state index contributed by atoms with van der Waals surface area (Å²) >= 11 is 0. The van der Waals surface area contributed by atoms with Gasteiger partial charge in [-0.15, -0.1) is 0 Å². The first-order valence-electron chi connectivity index (χ1n) is 4.48. The van der Waals surface area contributed by atoms with Gasteiger partial charge in [-0.25, -0.2) is 0 Å². The average Bonchev–Trinajstić information content (AvgIpc) is 2.16. The minimum Gasteiger partial charge on any atom is -0.384 e. The van der Waals surface area contributed by atoms with Crippen LogP contribution in [0.2, 0.25) is 0 Å². The minimum absolute atomic E-state index is 0.351. The number of rotatable bonds is 2. The van der Waals surface area contributed by atoms with Gasteiger partial charge in [0.25, 0.3) is 11.0 Å². The largest absolute Gasteiger partial charge is 0.384 e. The van der Waals surface area contributed by atoms with Crippen molar-refractivity contribution in [2.75, 3.05) is 0 Å². The molecule has 0 N–H and O–H groups in total. The second kappa shape index (κ2) is 3.90. The molecule has 0 saturated carbocycles. The highest BCUT2D eigenvalue weighted by atomic mass is 32.2. The van der Waals surface area contributed by atoms with Crippen molar-refractivity contribution in [1.29, 1.82) is 0 Å². The van der Waals surface area contributed by atoms with Gasteiger partial charge in [0, 0.05) is 0 Å². The molecule has 0 aliphatic rings. The van der Waals surface area contributed by atoms with E-state index in [-0.39, 0.29) is 0 Å². The summed E-state index contributed by atoms with van der Waals surface area (Å²) in [6, 6.07) is 11.2. The lowest BCUT2D eigenvalue weighted by atomic mass is 10.1. The molecular formula is C11H10O3S. The van der Waals surface area contributed by atoms with Crippen LogP contribution in [-0.2, 0) is 11.0 Å². The third-order valence-electron chi connectivity index (χ3n) is 2.15. The van der Waals surface area contributed by atoms with E-state index < -0.39 is 11.0 Å². The fourth-order valence-electron chi connectivity index (χ4n) is 1.49. The zero-order chi connectivity index (χ0) is 10.8. The molecule has 3 nitrogen and oxygen atoms in total. The number of benzene rings is 2. The molecular weight excluding hydrogens is 212 g/mol. The molecule has 0 radical (unpaired) electrons. The molecule has 0 bridgehead atoms. The first-order chi connectivity index (χ1) is 7.15. The van der Waals surface area contributed by atoms with E-state index in [4.69, 9.17) is 0 Å². The Morgan fingerprint density at radius 3 is 2.47 bits per heavy atom. The standard InChI is InChI=1S/C11H10O3S/c1-8-2-3-9-4-5-11(14-15(12)13)7-10(9)6-8/h2-7,15H,1H3. The topological polar surface area (TPSA) is 43.4 Å². The molecule has 15 heavy (non-hydrogen) atoms. The smallest absolute Gasteiger partial charge is 0.299 e. The molecule has 0 heterocycles. The number of aryl methyl sites for hydroxylation is 1. The van der Waals surface area contributed by atoms with Gasteiger partial charge in [-0.3, -0.25) is 0 Å². The summed E-state index contributed by atoms with van der Waals surface area (Å²) < 4.78 is 25.4. The monoisotopic (exact) mass is 222 g/mol. The predicted octanol–water partition coefficient (Wildman–Crippen LogP) is 2.05. The maximum absolute atomic E-state index is 10.4. The first-order valence-corrected chi connectivity index (χ1v) is 5.57. The van der Waals surface area contributed by atoms with E-state index in [1.807, 2.05) is 31.2 Å². The van der Waals surface area contributed by atoms with E-state index in [2.05, 4.69) is 4.18 Å². The molecule has 2 rings (SSSR count). The highest BCUT2D eigenvalue weighted by Gasteiger charge is 1.98. The predicted molar refractivity (Wildman–Crippen MR) is 59.6 cm³/mol. The molecule has 0 aliphatic carbocycles. The Morgan fingerprint density at radius 2 is 1.73 bits per heavy atom. The Balaban J connectivity index is 2.54. The van der Waals surface area contributed by atoms with Crippen molar-refractivity contribution in [3.05, 3.63) is 42.0 Å². The Bertz CT molecular complexity index is 565. The molecule has 4 heteroatoms. The third-order valence-corrected chi connectivity index (χ3v) is 2.51. The minimum atomic E-state index is -2.84. The zero-order valence-corrected chi connectivity index (χ0v) is 9.03. The van der Waals surface area contributed by atoms with Crippen molar-refractivity contribution >= 4 is 21.8 Å². The van der Waals surface area contributed by atoms with Gasteiger partial charge in [0.2, 0.25) is 0 Å². The first kappa shape index (κ1) is 9.98. The van der Waals surface area contributed by atoms with Crippen LogP contribution in [0.5, 0.6) is 5.75 Å². The molecule has 0 aromatic heterocycles. The van der Waals surface area contributed by atoms with Gasteiger partial charge < -0.3 is 4.18 Å². The summed E-state index contributed by atoms with van der Waals surface area (Å²) in [5.74, 6) is 0.351. The molecule has 0 atom stereocenters. The van der Waals surface area contributed by atoms with Crippen molar-refractivity contribution in [1.82, 2.24) is 0 Å². The van der Waals surface area contributed by atoms with E-state index in [0.29, 0.717) is 5.75 Å². The number of fused-ring (bicyclic) bond motifs is 1. The van der Waals surface area contributed by atoms with Crippen molar-refractivity contribution in [3.8, 4) is 5.75 Å². The van der Waals surface area contributed by atoms with Gasteiger partial charge in [0.1, 0.15) is 5.75 Å².